The number of hydrazone groups is 1. The monoisotopic (exact) mass is 338 g/mol. The molecule has 4 unspecified atom stereocenters. The van der Waals surface area contributed by atoms with Crippen LogP contribution in [0.1, 0.15) is 5.56 Å². The van der Waals surface area contributed by atoms with Crippen LogP contribution in [0.2, 0.25) is 0 Å². The zero-order valence-electron chi connectivity index (χ0n) is 12.4. The SMILES string of the molecule is C1=Cc2ccccc2NN=C1.O=CC(O)C(O)C(O)C(O)C(=O)O. The lowest BCUT2D eigenvalue weighted by atomic mass is 10.0. The third kappa shape index (κ3) is 5.56. The quantitative estimate of drug-likeness (QED) is 0.366. The lowest BCUT2D eigenvalue weighted by molar-refractivity contribution is -0.163. The molecule has 1 aliphatic heterocycles. The highest BCUT2D eigenvalue weighted by Gasteiger charge is 2.33. The van der Waals surface area contributed by atoms with Crippen LogP contribution in [-0.4, -0.2) is 68.4 Å². The van der Waals surface area contributed by atoms with E-state index < -0.39 is 30.4 Å². The van der Waals surface area contributed by atoms with Crippen molar-refractivity contribution in [2.75, 3.05) is 5.43 Å². The van der Waals surface area contributed by atoms with Crippen LogP contribution < -0.4 is 5.43 Å². The number of aliphatic hydroxyl groups excluding tert-OH is 4. The number of anilines is 1. The summed E-state index contributed by atoms with van der Waals surface area (Å²) in [5, 5.41) is 47.1. The van der Waals surface area contributed by atoms with E-state index in [-0.39, 0.29) is 6.29 Å². The first-order chi connectivity index (χ1) is 11.4. The number of carboxylic acids is 1. The number of para-hydroxylation sites is 1. The predicted molar refractivity (Wildman–Crippen MR) is 85.3 cm³/mol. The largest absolute Gasteiger partial charge is 0.479 e. The lowest BCUT2D eigenvalue weighted by Gasteiger charge is -2.21. The molecule has 0 fully saturated rings. The van der Waals surface area contributed by atoms with Crippen molar-refractivity contribution >= 4 is 30.2 Å². The van der Waals surface area contributed by atoms with Crippen LogP contribution in [0, 0.1) is 0 Å². The Morgan fingerprint density at radius 1 is 1.12 bits per heavy atom. The molecule has 2 rings (SSSR count). The number of hydrogen-bond donors (Lipinski definition) is 6. The molecule has 130 valence electrons. The summed E-state index contributed by atoms with van der Waals surface area (Å²) in [4.78, 5) is 20.0. The molecule has 9 heteroatoms. The minimum absolute atomic E-state index is 0.0809. The summed E-state index contributed by atoms with van der Waals surface area (Å²) >= 11 is 0. The van der Waals surface area contributed by atoms with Crippen molar-refractivity contribution in [3.63, 3.8) is 0 Å². The van der Waals surface area contributed by atoms with Crippen LogP contribution in [0.25, 0.3) is 6.08 Å². The van der Waals surface area contributed by atoms with Gasteiger partial charge < -0.3 is 30.3 Å². The lowest BCUT2D eigenvalue weighted by Crippen LogP contribution is -2.48. The van der Waals surface area contributed by atoms with E-state index in [1.807, 2.05) is 36.4 Å². The average Bonchev–Trinajstić information content (AvgIpc) is 2.84. The first kappa shape index (κ1) is 19.5. The second-order valence-electron chi connectivity index (χ2n) is 4.73. The van der Waals surface area contributed by atoms with Gasteiger partial charge in [-0.15, -0.1) is 0 Å². The van der Waals surface area contributed by atoms with Gasteiger partial charge in [0.2, 0.25) is 0 Å². The summed E-state index contributed by atoms with van der Waals surface area (Å²) < 4.78 is 0. The molecule has 24 heavy (non-hydrogen) atoms. The Hall–Kier alpha value is -2.59. The maximum absolute atomic E-state index is 10.1. The number of carbonyl (C=O) groups excluding carboxylic acids is 1. The molecule has 0 amide bonds. The number of benzene rings is 1. The van der Waals surface area contributed by atoms with Crippen molar-refractivity contribution in [3.8, 4) is 0 Å². The zero-order chi connectivity index (χ0) is 18.1. The van der Waals surface area contributed by atoms with Crippen LogP contribution >= 0.6 is 0 Å². The van der Waals surface area contributed by atoms with Gasteiger partial charge in [-0.2, -0.15) is 5.10 Å². The number of aliphatic carboxylic acids is 1. The van der Waals surface area contributed by atoms with Gasteiger partial charge in [-0.1, -0.05) is 24.3 Å². The second kappa shape index (κ2) is 9.53. The fraction of sp³-hybridized carbons (Fsp3) is 0.267. The normalized spacial score (nSPS) is 17.0. The fourth-order valence-electron chi connectivity index (χ4n) is 1.66. The number of hydrogen-bond acceptors (Lipinski definition) is 8. The van der Waals surface area contributed by atoms with Crippen molar-refractivity contribution in [1.29, 1.82) is 0 Å². The Morgan fingerprint density at radius 2 is 1.79 bits per heavy atom. The van der Waals surface area contributed by atoms with Gasteiger partial charge in [-0.05, 0) is 17.7 Å². The number of allylic oxidation sites excluding steroid dienone is 1. The molecule has 4 atom stereocenters. The number of rotatable bonds is 5. The van der Waals surface area contributed by atoms with Crippen LogP contribution in [0.4, 0.5) is 5.69 Å². The Kier molecular flexibility index (Phi) is 7.72. The summed E-state index contributed by atoms with van der Waals surface area (Å²) in [6.45, 7) is 0. The van der Waals surface area contributed by atoms with Gasteiger partial charge in [0.1, 0.15) is 18.3 Å². The molecule has 0 aromatic heterocycles. The van der Waals surface area contributed by atoms with Crippen LogP contribution in [0.5, 0.6) is 0 Å². The standard InChI is InChI=1S/C9H8N2.C6H10O7/c1-2-6-9-8(4-1)5-3-7-10-11-9;7-1-2(8)3(9)4(10)5(11)6(12)13/h1-7,11H;1-5,8-11H,(H,12,13). The number of carbonyl (C=O) groups is 2. The molecule has 0 aliphatic carbocycles. The van der Waals surface area contributed by atoms with Gasteiger partial charge in [-0.25, -0.2) is 4.79 Å². The highest BCUT2D eigenvalue weighted by Crippen LogP contribution is 2.17. The molecular weight excluding hydrogens is 320 g/mol. The number of nitrogens with zero attached hydrogens (tertiary/aromatic N) is 1. The first-order valence-corrected chi connectivity index (χ1v) is 6.83. The summed E-state index contributed by atoms with van der Waals surface area (Å²) in [5.41, 5.74) is 5.16. The van der Waals surface area contributed by atoms with Crippen molar-refractivity contribution in [2.24, 2.45) is 5.10 Å². The van der Waals surface area contributed by atoms with Crippen molar-refractivity contribution in [3.05, 3.63) is 35.9 Å². The fourth-order valence-corrected chi connectivity index (χ4v) is 1.66. The number of nitrogens with one attached hydrogen (secondary N) is 1. The Morgan fingerprint density at radius 3 is 2.42 bits per heavy atom. The van der Waals surface area contributed by atoms with E-state index in [4.69, 9.17) is 25.5 Å². The molecule has 0 bridgehead atoms. The molecule has 1 heterocycles. The minimum Gasteiger partial charge on any atom is -0.479 e. The molecule has 1 aromatic carbocycles. The van der Waals surface area contributed by atoms with E-state index in [9.17, 15) is 9.59 Å². The Labute approximate surface area is 137 Å². The number of aliphatic hydroxyl groups is 4. The van der Waals surface area contributed by atoms with Gasteiger partial charge in [0.25, 0.3) is 0 Å². The smallest absolute Gasteiger partial charge is 0.335 e. The molecule has 1 aliphatic rings. The summed E-state index contributed by atoms with van der Waals surface area (Å²) in [5.74, 6) is -1.76. The van der Waals surface area contributed by atoms with Crippen LogP contribution in [0.15, 0.2) is 35.4 Å². The van der Waals surface area contributed by atoms with Gasteiger partial charge in [-0.3, -0.25) is 5.43 Å². The highest BCUT2D eigenvalue weighted by atomic mass is 16.4. The Bertz CT molecular complexity index is 618. The van der Waals surface area contributed by atoms with Gasteiger partial charge in [0.05, 0.1) is 5.69 Å². The number of carboxylic acid groups (broad SMARTS) is 1. The minimum atomic E-state index is -2.25. The first-order valence-electron chi connectivity index (χ1n) is 6.83. The predicted octanol–water partition coefficient (Wildman–Crippen LogP) is -1.18. The maximum Gasteiger partial charge on any atom is 0.335 e. The molecule has 0 radical (unpaired) electrons. The van der Waals surface area contributed by atoms with Gasteiger partial charge in [0.15, 0.2) is 12.4 Å². The third-order valence-electron chi connectivity index (χ3n) is 3.00. The van der Waals surface area contributed by atoms with Crippen molar-refractivity contribution < 1.29 is 35.1 Å². The highest BCUT2D eigenvalue weighted by molar-refractivity contribution is 5.83. The summed E-state index contributed by atoms with van der Waals surface area (Å²) in [7, 11) is 0. The number of aldehydes is 1. The second-order valence-corrected chi connectivity index (χ2v) is 4.73. The molecule has 6 N–H and O–H groups in total. The van der Waals surface area contributed by atoms with E-state index in [0.29, 0.717) is 0 Å². The van der Waals surface area contributed by atoms with E-state index in [1.54, 1.807) is 6.21 Å². The molecular formula is C15H18N2O7. The molecule has 0 saturated carbocycles. The van der Waals surface area contributed by atoms with E-state index in [0.717, 1.165) is 5.69 Å². The number of fused-ring (bicyclic) bond motifs is 1. The van der Waals surface area contributed by atoms with E-state index in [1.165, 1.54) is 5.56 Å². The van der Waals surface area contributed by atoms with E-state index in [2.05, 4.69) is 10.5 Å². The van der Waals surface area contributed by atoms with Gasteiger partial charge >= 0.3 is 5.97 Å². The third-order valence-corrected chi connectivity index (χ3v) is 3.00. The summed E-state index contributed by atoms with van der Waals surface area (Å²) in [6.07, 6.45) is -2.71. The van der Waals surface area contributed by atoms with Crippen LogP contribution in [0.3, 0.4) is 0 Å². The Balaban J connectivity index is 0.000000242. The van der Waals surface area contributed by atoms with E-state index >= 15 is 0 Å². The average molecular weight is 338 g/mol. The molecule has 0 spiro atoms. The van der Waals surface area contributed by atoms with Gasteiger partial charge in [0, 0.05) is 6.21 Å². The molecule has 0 saturated heterocycles. The van der Waals surface area contributed by atoms with Crippen molar-refractivity contribution in [1.82, 2.24) is 0 Å². The summed E-state index contributed by atoms with van der Waals surface area (Å²) in [6, 6.07) is 8.05. The topological polar surface area (TPSA) is 160 Å². The zero-order valence-corrected chi connectivity index (χ0v) is 12.4. The molecule has 9 nitrogen and oxygen atoms in total. The van der Waals surface area contributed by atoms with Crippen molar-refractivity contribution in [2.45, 2.75) is 24.4 Å². The molecule has 1 aromatic rings. The maximum atomic E-state index is 10.1. The van der Waals surface area contributed by atoms with Crippen LogP contribution in [-0.2, 0) is 9.59 Å².